The molecule has 0 aromatic carbocycles. The van der Waals surface area contributed by atoms with E-state index in [1.165, 1.54) is 6.42 Å². The molecule has 0 bridgehead atoms. The minimum atomic E-state index is -3.32. The molecule has 2 aliphatic rings. The second-order valence-electron chi connectivity index (χ2n) is 6.22. The van der Waals surface area contributed by atoms with Crippen molar-refractivity contribution in [3.05, 3.63) is 0 Å². The van der Waals surface area contributed by atoms with E-state index in [1.807, 2.05) is 4.31 Å². The third-order valence-corrected chi connectivity index (χ3v) is 6.86. The molecule has 0 aromatic heterocycles. The predicted molar refractivity (Wildman–Crippen MR) is 81.8 cm³/mol. The number of hydrogen-bond acceptors (Lipinski definition) is 3. The molecule has 0 aromatic rings. The van der Waals surface area contributed by atoms with Gasteiger partial charge < -0.3 is 5.32 Å². The summed E-state index contributed by atoms with van der Waals surface area (Å²) in [5, 5.41) is 3.40. The molecule has 1 aliphatic heterocycles. The molecule has 2 rings (SSSR count). The van der Waals surface area contributed by atoms with Crippen LogP contribution in [-0.2, 0) is 10.2 Å². The molecular weight excluding hydrogens is 274 g/mol. The van der Waals surface area contributed by atoms with Crippen molar-refractivity contribution in [3.8, 4) is 0 Å². The van der Waals surface area contributed by atoms with Crippen LogP contribution in [0.3, 0.4) is 0 Å². The molecule has 1 heterocycles. The third-order valence-electron chi connectivity index (χ3n) is 4.76. The maximum Gasteiger partial charge on any atom is 0.282 e. The van der Waals surface area contributed by atoms with Gasteiger partial charge in [-0.25, -0.2) is 0 Å². The monoisotopic (exact) mass is 303 g/mol. The van der Waals surface area contributed by atoms with E-state index in [4.69, 9.17) is 0 Å². The first-order valence-corrected chi connectivity index (χ1v) is 9.37. The zero-order chi connectivity index (χ0) is 14.6. The smallest absolute Gasteiger partial charge is 0.282 e. The Labute approximate surface area is 123 Å². The van der Waals surface area contributed by atoms with Crippen molar-refractivity contribution in [2.75, 3.05) is 33.2 Å². The summed E-state index contributed by atoms with van der Waals surface area (Å²) < 4.78 is 29.1. The molecule has 0 unspecified atom stereocenters. The van der Waals surface area contributed by atoms with Crippen molar-refractivity contribution in [1.82, 2.24) is 13.9 Å². The van der Waals surface area contributed by atoms with Gasteiger partial charge in [0, 0.05) is 38.8 Å². The van der Waals surface area contributed by atoms with E-state index in [2.05, 4.69) is 12.2 Å². The summed E-state index contributed by atoms with van der Waals surface area (Å²) in [7, 11) is -1.59. The van der Waals surface area contributed by atoms with E-state index in [0.717, 1.165) is 51.6 Å². The first-order chi connectivity index (χ1) is 9.53. The molecule has 0 atom stereocenters. The predicted octanol–water partition coefficient (Wildman–Crippen LogP) is 1.57. The van der Waals surface area contributed by atoms with E-state index in [-0.39, 0.29) is 5.54 Å². The fourth-order valence-electron chi connectivity index (χ4n) is 3.49. The van der Waals surface area contributed by atoms with E-state index in [0.29, 0.717) is 13.1 Å². The van der Waals surface area contributed by atoms with Gasteiger partial charge in [-0.15, -0.1) is 0 Å². The zero-order valence-corrected chi connectivity index (χ0v) is 13.7. The van der Waals surface area contributed by atoms with Gasteiger partial charge in [0.2, 0.25) is 0 Å². The largest absolute Gasteiger partial charge is 0.314 e. The van der Waals surface area contributed by atoms with Crippen LogP contribution >= 0.6 is 0 Å². The lowest BCUT2D eigenvalue weighted by Crippen LogP contribution is -2.65. The summed E-state index contributed by atoms with van der Waals surface area (Å²) in [6.07, 6.45) is 7.48. The molecule has 0 radical (unpaired) electrons. The minimum Gasteiger partial charge on any atom is -0.314 e. The van der Waals surface area contributed by atoms with Gasteiger partial charge >= 0.3 is 0 Å². The summed E-state index contributed by atoms with van der Waals surface area (Å²) >= 11 is 0. The fraction of sp³-hybridized carbons (Fsp3) is 1.00. The molecule has 1 aliphatic carbocycles. The van der Waals surface area contributed by atoms with Crippen molar-refractivity contribution in [2.24, 2.45) is 0 Å². The molecule has 0 amide bonds. The molecule has 2 fully saturated rings. The summed E-state index contributed by atoms with van der Waals surface area (Å²) in [5.41, 5.74) is -0.171. The van der Waals surface area contributed by atoms with Gasteiger partial charge in [0.15, 0.2) is 0 Å². The van der Waals surface area contributed by atoms with Gasteiger partial charge in [0.1, 0.15) is 0 Å². The van der Waals surface area contributed by atoms with E-state index >= 15 is 0 Å². The Morgan fingerprint density at radius 2 is 1.95 bits per heavy atom. The number of piperazine rings is 1. The molecule has 1 N–H and O–H groups in total. The summed E-state index contributed by atoms with van der Waals surface area (Å²) in [5.74, 6) is 0. The Kier molecular flexibility index (Phi) is 5.45. The molecule has 20 heavy (non-hydrogen) atoms. The van der Waals surface area contributed by atoms with Gasteiger partial charge in [-0.1, -0.05) is 32.6 Å². The normalized spacial score (nSPS) is 24.4. The van der Waals surface area contributed by atoms with Crippen molar-refractivity contribution >= 4 is 10.2 Å². The van der Waals surface area contributed by atoms with Crippen LogP contribution in [0.2, 0.25) is 0 Å². The first-order valence-electron chi connectivity index (χ1n) is 7.98. The van der Waals surface area contributed by atoms with Gasteiger partial charge in [-0.3, -0.25) is 0 Å². The molecule has 1 saturated carbocycles. The molecule has 6 heteroatoms. The van der Waals surface area contributed by atoms with Crippen LogP contribution in [0.25, 0.3) is 0 Å². The Balaban J connectivity index is 2.18. The Bertz CT molecular complexity index is 396. The Morgan fingerprint density at radius 1 is 1.25 bits per heavy atom. The fourth-order valence-corrected chi connectivity index (χ4v) is 5.24. The van der Waals surface area contributed by atoms with E-state index < -0.39 is 10.2 Å². The maximum absolute atomic E-state index is 12.9. The third kappa shape index (κ3) is 3.18. The number of hydrogen-bond donors (Lipinski definition) is 1. The SMILES string of the molecule is CCCCN(C)S(=O)(=O)N1CCNCC12CCCCC2. The first kappa shape index (κ1) is 16.2. The lowest BCUT2D eigenvalue weighted by atomic mass is 9.80. The topological polar surface area (TPSA) is 52.7 Å². The van der Waals surface area contributed by atoms with Crippen molar-refractivity contribution < 1.29 is 8.42 Å². The lowest BCUT2D eigenvalue weighted by Gasteiger charge is -2.49. The quantitative estimate of drug-likeness (QED) is 0.839. The van der Waals surface area contributed by atoms with E-state index in [9.17, 15) is 8.42 Å². The summed E-state index contributed by atoms with van der Waals surface area (Å²) in [4.78, 5) is 0. The van der Waals surface area contributed by atoms with Gasteiger partial charge in [0.25, 0.3) is 10.2 Å². The highest BCUT2D eigenvalue weighted by atomic mass is 32.2. The number of nitrogens with zero attached hydrogens (tertiary/aromatic N) is 2. The molecule has 5 nitrogen and oxygen atoms in total. The van der Waals surface area contributed by atoms with Crippen LogP contribution in [0.15, 0.2) is 0 Å². The van der Waals surface area contributed by atoms with Gasteiger partial charge in [-0.2, -0.15) is 17.0 Å². The van der Waals surface area contributed by atoms with Crippen molar-refractivity contribution in [1.29, 1.82) is 0 Å². The Hall–Kier alpha value is -0.170. The molecule has 1 saturated heterocycles. The summed E-state index contributed by atoms with van der Waals surface area (Å²) in [6, 6.07) is 0. The van der Waals surface area contributed by atoms with Crippen LogP contribution < -0.4 is 5.32 Å². The van der Waals surface area contributed by atoms with Crippen LogP contribution in [0.5, 0.6) is 0 Å². The molecular formula is C14H29N3O2S. The van der Waals surface area contributed by atoms with Crippen molar-refractivity contribution in [3.63, 3.8) is 0 Å². The highest BCUT2D eigenvalue weighted by Gasteiger charge is 2.46. The number of rotatable bonds is 5. The highest BCUT2D eigenvalue weighted by Crippen LogP contribution is 2.36. The average molecular weight is 303 g/mol. The highest BCUT2D eigenvalue weighted by molar-refractivity contribution is 7.86. The number of unbranched alkanes of at least 4 members (excludes halogenated alkanes) is 1. The lowest BCUT2D eigenvalue weighted by molar-refractivity contribution is 0.0948. The molecule has 118 valence electrons. The van der Waals surface area contributed by atoms with Gasteiger partial charge in [0.05, 0.1) is 0 Å². The van der Waals surface area contributed by atoms with E-state index in [1.54, 1.807) is 11.4 Å². The second-order valence-corrected chi connectivity index (χ2v) is 8.18. The molecule has 1 spiro atoms. The van der Waals surface area contributed by atoms with Crippen LogP contribution in [0.4, 0.5) is 0 Å². The number of nitrogens with one attached hydrogen (secondary N) is 1. The average Bonchev–Trinajstić information content (AvgIpc) is 2.45. The van der Waals surface area contributed by atoms with Crippen molar-refractivity contribution in [2.45, 2.75) is 57.4 Å². The second kappa shape index (κ2) is 6.73. The zero-order valence-electron chi connectivity index (χ0n) is 12.9. The summed E-state index contributed by atoms with van der Waals surface area (Å²) in [6.45, 7) is 4.90. The van der Waals surface area contributed by atoms with Gasteiger partial charge in [-0.05, 0) is 19.3 Å². The minimum absolute atomic E-state index is 0.171. The van der Waals surface area contributed by atoms with Crippen LogP contribution in [0.1, 0.15) is 51.9 Å². The maximum atomic E-state index is 12.9. The Morgan fingerprint density at radius 3 is 2.60 bits per heavy atom. The van der Waals surface area contributed by atoms with Crippen LogP contribution in [-0.4, -0.2) is 55.8 Å². The van der Waals surface area contributed by atoms with Crippen LogP contribution in [0, 0.1) is 0 Å². The standard InChI is InChI=1S/C14H29N3O2S/c1-3-4-11-16(2)20(18,19)17-12-10-15-13-14(17)8-6-5-7-9-14/h15H,3-13H2,1-2H3.